The molecule has 0 unspecified atom stereocenters. The maximum atomic E-state index is 6.03. The molecule has 0 saturated carbocycles. The highest BCUT2D eigenvalue weighted by molar-refractivity contribution is 6.30. The largest absolute Gasteiger partial charge is 0.369 e. The molecule has 1 aromatic carbocycles. The van der Waals surface area contributed by atoms with Crippen molar-refractivity contribution in [3.63, 3.8) is 0 Å². The molecule has 1 aromatic rings. The van der Waals surface area contributed by atoms with Gasteiger partial charge in [0.15, 0.2) is 0 Å². The minimum Gasteiger partial charge on any atom is -0.369 e. The first-order valence-electron chi connectivity index (χ1n) is 5.79. The van der Waals surface area contributed by atoms with Gasteiger partial charge in [0.25, 0.3) is 0 Å². The van der Waals surface area contributed by atoms with Crippen molar-refractivity contribution in [1.82, 2.24) is 5.32 Å². The summed E-state index contributed by atoms with van der Waals surface area (Å²) >= 11 is 6.03. The molecule has 0 fully saturated rings. The van der Waals surface area contributed by atoms with E-state index in [4.69, 9.17) is 11.6 Å². The zero-order valence-electron chi connectivity index (χ0n) is 10.5. The van der Waals surface area contributed by atoms with Crippen LogP contribution in [0.3, 0.4) is 0 Å². The third kappa shape index (κ3) is 3.13. The second kappa shape index (κ2) is 6.12. The monoisotopic (exact) mass is 240 g/mol. The second-order valence-corrected chi connectivity index (χ2v) is 4.62. The summed E-state index contributed by atoms with van der Waals surface area (Å²) in [7, 11) is 1.95. The summed E-state index contributed by atoms with van der Waals surface area (Å²) in [5.41, 5.74) is 2.53. The zero-order valence-corrected chi connectivity index (χ0v) is 11.3. The summed E-state index contributed by atoms with van der Waals surface area (Å²) in [6.45, 7) is 8.45. The van der Waals surface area contributed by atoms with Gasteiger partial charge in [-0.1, -0.05) is 11.6 Å². The molecule has 0 heterocycles. The lowest BCUT2D eigenvalue weighted by Crippen LogP contribution is -2.31. The Morgan fingerprint density at radius 2 is 2.06 bits per heavy atom. The Labute approximate surface area is 104 Å². The Hall–Kier alpha value is -0.730. The van der Waals surface area contributed by atoms with Crippen molar-refractivity contribution in [3.8, 4) is 0 Å². The second-order valence-electron chi connectivity index (χ2n) is 4.18. The lowest BCUT2D eigenvalue weighted by molar-refractivity contribution is 0.694. The normalized spacial score (nSPS) is 10.9. The minimum atomic E-state index is 0.502. The molecule has 0 saturated heterocycles. The van der Waals surface area contributed by atoms with Crippen molar-refractivity contribution in [2.45, 2.75) is 33.4 Å². The molecule has 0 bridgehead atoms. The van der Waals surface area contributed by atoms with Gasteiger partial charge in [0, 0.05) is 29.8 Å². The summed E-state index contributed by atoms with van der Waals surface area (Å²) in [6.07, 6.45) is 0. The van der Waals surface area contributed by atoms with E-state index < -0.39 is 0 Å². The van der Waals surface area contributed by atoms with Crippen LogP contribution in [0, 0.1) is 0 Å². The first-order valence-corrected chi connectivity index (χ1v) is 6.17. The molecule has 2 nitrogen and oxygen atoms in total. The van der Waals surface area contributed by atoms with Crippen LogP contribution < -0.4 is 10.2 Å². The molecule has 3 heteroatoms. The highest BCUT2D eigenvalue weighted by atomic mass is 35.5. The molecule has 0 aromatic heterocycles. The molecular formula is C13H21ClN2. The first-order chi connectivity index (χ1) is 7.60. The van der Waals surface area contributed by atoms with Crippen LogP contribution in [0.4, 0.5) is 5.69 Å². The predicted octanol–water partition coefficient (Wildman–Crippen LogP) is 3.29. The summed E-state index contributed by atoms with van der Waals surface area (Å²) in [5, 5.41) is 3.98. The van der Waals surface area contributed by atoms with Gasteiger partial charge in [-0.05, 0) is 51.6 Å². The van der Waals surface area contributed by atoms with Crippen LogP contribution in [0.15, 0.2) is 18.2 Å². The van der Waals surface area contributed by atoms with Crippen LogP contribution in [0.2, 0.25) is 5.02 Å². The summed E-state index contributed by atoms with van der Waals surface area (Å²) in [5.74, 6) is 0. The van der Waals surface area contributed by atoms with Crippen molar-refractivity contribution in [1.29, 1.82) is 0 Å². The van der Waals surface area contributed by atoms with Gasteiger partial charge in [-0.2, -0.15) is 0 Å². The molecule has 0 aliphatic rings. The SMILES string of the molecule is CCN(c1ccc(Cl)cc1CNC)C(C)C. The van der Waals surface area contributed by atoms with E-state index in [9.17, 15) is 0 Å². The van der Waals surface area contributed by atoms with Gasteiger partial charge in [0.05, 0.1) is 0 Å². The van der Waals surface area contributed by atoms with Gasteiger partial charge in [0.1, 0.15) is 0 Å². The quantitative estimate of drug-likeness (QED) is 0.850. The number of hydrogen-bond acceptors (Lipinski definition) is 2. The molecule has 0 atom stereocenters. The zero-order chi connectivity index (χ0) is 12.1. The standard InChI is InChI=1S/C13H21ClN2/c1-5-16(10(2)3)13-7-6-12(14)8-11(13)9-15-4/h6-8,10,15H,5,9H2,1-4H3. The van der Waals surface area contributed by atoms with Crippen LogP contribution in [0.25, 0.3) is 0 Å². The Bertz CT molecular complexity index is 337. The van der Waals surface area contributed by atoms with Crippen LogP contribution in [-0.4, -0.2) is 19.6 Å². The van der Waals surface area contributed by atoms with E-state index in [0.717, 1.165) is 18.1 Å². The summed E-state index contributed by atoms with van der Waals surface area (Å²) < 4.78 is 0. The molecule has 90 valence electrons. The summed E-state index contributed by atoms with van der Waals surface area (Å²) in [6, 6.07) is 6.61. The van der Waals surface area contributed by atoms with Gasteiger partial charge in [-0.3, -0.25) is 0 Å². The van der Waals surface area contributed by atoms with Crippen LogP contribution in [0.5, 0.6) is 0 Å². The van der Waals surface area contributed by atoms with Crippen molar-refractivity contribution >= 4 is 17.3 Å². The maximum Gasteiger partial charge on any atom is 0.0415 e. The summed E-state index contributed by atoms with van der Waals surface area (Å²) in [4.78, 5) is 2.38. The maximum absolute atomic E-state index is 6.03. The fourth-order valence-electron chi connectivity index (χ4n) is 1.98. The molecule has 0 aliphatic heterocycles. The van der Waals surface area contributed by atoms with E-state index >= 15 is 0 Å². The van der Waals surface area contributed by atoms with E-state index in [2.05, 4.69) is 37.1 Å². The fourth-order valence-corrected chi connectivity index (χ4v) is 2.17. The van der Waals surface area contributed by atoms with Crippen molar-refractivity contribution in [2.75, 3.05) is 18.5 Å². The van der Waals surface area contributed by atoms with Crippen LogP contribution >= 0.6 is 11.6 Å². The number of nitrogens with zero attached hydrogens (tertiary/aromatic N) is 1. The van der Waals surface area contributed by atoms with Gasteiger partial charge in [-0.15, -0.1) is 0 Å². The van der Waals surface area contributed by atoms with E-state index in [0.29, 0.717) is 6.04 Å². The average Bonchev–Trinajstić information content (AvgIpc) is 2.22. The molecular weight excluding hydrogens is 220 g/mol. The molecule has 1 rings (SSSR count). The third-order valence-electron chi connectivity index (χ3n) is 2.68. The third-order valence-corrected chi connectivity index (χ3v) is 2.92. The Morgan fingerprint density at radius 1 is 1.38 bits per heavy atom. The smallest absolute Gasteiger partial charge is 0.0415 e. The Kier molecular flexibility index (Phi) is 5.10. The van der Waals surface area contributed by atoms with E-state index in [1.165, 1.54) is 11.3 Å². The van der Waals surface area contributed by atoms with Gasteiger partial charge in [0.2, 0.25) is 0 Å². The van der Waals surface area contributed by atoms with Crippen LogP contribution in [0.1, 0.15) is 26.3 Å². The number of rotatable bonds is 5. The van der Waals surface area contributed by atoms with E-state index in [-0.39, 0.29) is 0 Å². The number of anilines is 1. The number of benzene rings is 1. The van der Waals surface area contributed by atoms with Crippen molar-refractivity contribution < 1.29 is 0 Å². The van der Waals surface area contributed by atoms with Gasteiger partial charge >= 0.3 is 0 Å². The first kappa shape index (κ1) is 13.3. The molecule has 1 N–H and O–H groups in total. The molecule has 0 aliphatic carbocycles. The van der Waals surface area contributed by atoms with E-state index in [1.807, 2.05) is 19.2 Å². The molecule has 16 heavy (non-hydrogen) atoms. The number of nitrogens with one attached hydrogen (secondary N) is 1. The van der Waals surface area contributed by atoms with Gasteiger partial charge in [-0.25, -0.2) is 0 Å². The number of halogens is 1. The molecule has 0 radical (unpaired) electrons. The van der Waals surface area contributed by atoms with Crippen molar-refractivity contribution in [3.05, 3.63) is 28.8 Å². The predicted molar refractivity (Wildman–Crippen MR) is 72.4 cm³/mol. The molecule has 0 amide bonds. The Balaban J connectivity index is 3.09. The van der Waals surface area contributed by atoms with Crippen molar-refractivity contribution in [2.24, 2.45) is 0 Å². The number of hydrogen-bond donors (Lipinski definition) is 1. The lowest BCUT2D eigenvalue weighted by atomic mass is 10.1. The topological polar surface area (TPSA) is 15.3 Å². The van der Waals surface area contributed by atoms with Gasteiger partial charge < -0.3 is 10.2 Å². The lowest BCUT2D eigenvalue weighted by Gasteiger charge is -2.29. The highest BCUT2D eigenvalue weighted by Gasteiger charge is 2.12. The van der Waals surface area contributed by atoms with E-state index in [1.54, 1.807) is 0 Å². The Morgan fingerprint density at radius 3 is 2.56 bits per heavy atom. The fraction of sp³-hybridized carbons (Fsp3) is 0.538. The minimum absolute atomic E-state index is 0.502. The molecule has 0 spiro atoms. The highest BCUT2D eigenvalue weighted by Crippen LogP contribution is 2.25. The average molecular weight is 241 g/mol. The van der Waals surface area contributed by atoms with Crippen LogP contribution in [-0.2, 0) is 6.54 Å².